The number of nitrogens with zero attached hydrogens (tertiary/aromatic N) is 1. The lowest BCUT2D eigenvalue weighted by molar-refractivity contribution is 0.174. The highest BCUT2D eigenvalue weighted by Gasteiger charge is 2.15. The molecule has 0 radical (unpaired) electrons. The SMILES string of the molecule is O=C(N/C=C/C=C/c1ccc2c(c1)OCO2)Nc1ccc(S(=O)(=O)Nc2nccs2)cc1. The molecule has 9 nitrogen and oxygen atoms in total. The third kappa shape index (κ3) is 5.45. The number of allylic oxidation sites excluding steroid dienone is 2. The van der Waals surface area contributed by atoms with Crippen LogP contribution in [0.1, 0.15) is 5.56 Å². The van der Waals surface area contributed by atoms with Crippen molar-refractivity contribution in [2.75, 3.05) is 16.8 Å². The van der Waals surface area contributed by atoms with Crippen LogP contribution in [0.15, 0.2) is 77.3 Å². The second-order valence-electron chi connectivity index (χ2n) is 6.40. The van der Waals surface area contributed by atoms with Crippen molar-refractivity contribution in [2.24, 2.45) is 0 Å². The minimum Gasteiger partial charge on any atom is -0.454 e. The number of urea groups is 1. The van der Waals surface area contributed by atoms with Crippen molar-refractivity contribution < 1.29 is 22.7 Å². The highest BCUT2D eigenvalue weighted by Crippen LogP contribution is 2.32. The Hall–Kier alpha value is -3.83. The first-order chi connectivity index (χ1) is 15.5. The molecule has 0 saturated heterocycles. The van der Waals surface area contributed by atoms with Crippen LogP contribution in [-0.2, 0) is 10.0 Å². The largest absolute Gasteiger partial charge is 0.454 e. The predicted octanol–water partition coefficient (Wildman–Crippen LogP) is 4.02. The van der Waals surface area contributed by atoms with Crippen LogP contribution in [0.4, 0.5) is 15.6 Å². The summed E-state index contributed by atoms with van der Waals surface area (Å²) in [6, 6.07) is 10.9. The molecule has 0 atom stereocenters. The average molecular weight is 471 g/mol. The molecule has 1 aliphatic rings. The summed E-state index contributed by atoms with van der Waals surface area (Å²) in [5, 5.41) is 7.15. The van der Waals surface area contributed by atoms with Crippen molar-refractivity contribution in [3.63, 3.8) is 0 Å². The van der Waals surface area contributed by atoms with E-state index in [4.69, 9.17) is 9.47 Å². The van der Waals surface area contributed by atoms with Gasteiger partial charge in [0.25, 0.3) is 10.0 Å². The van der Waals surface area contributed by atoms with Crippen molar-refractivity contribution in [1.29, 1.82) is 0 Å². The van der Waals surface area contributed by atoms with Gasteiger partial charge in [-0.3, -0.25) is 4.72 Å². The molecule has 32 heavy (non-hydrogen) atoms. The number of nitrogens with one attached hydrogen (secondary N) is 3. The van der Waals surface area contributed by atoms with E-state index in [1.165, 1.54) is 48.0 Å². The Morgan fingerprint density at radius 3 is 2.66 bits per heavy atom. The molecule has 0 aliphatic carbocycles. The number of sulfonamides is 1. The van der Waals surface area contributed by atoms with E-state index in [0.29, 0.717) is 11.4 Å². The summed E-state index contributed by atoms with van der Waals surface area (Å²) in [5.41, 5.74) is 1.38. The number of anilines is 2. The molecular weight excluding hydrogens is 452 g/mol. The van der Waals surface area contributed by atoms with Crippen LogP contribution >= 0.6 is 11.3 Å². The van der Waals surface area contributed by atoms with Crippen LogP contribution < -0.4 is 24.8 Å². The summed E-state index contributed by atoms with van der Waals surface area (Å²) in [7, 11) is -3.74. The van der Waals surface area contributed by atoms with Gasteiger partial charge in [-0.1, -0.05) is 18.2 Å². The molecule has 0 unspecified atom stereocenters. The van der Waals surface area contributed by atoms with Crippen LogP contribution in [0.2, 0.25) is 0 Å². The van der Waals surface area contributed by atoms with E-state index in [-0.39, 0.29) is 16.8 Å². The number of carbonyl (C=O) groups is 1. The predicted molar refractivity (Wildman–Crippen MR) is 122 cm³/mol. The molecule has 0 fully saturated rings. The summed E-state index contributed by atoms with van der Waals surface area (Å²) in [5.74, 6) is 1.42. The fourth-order valence-corrected chi connectivity index (χ4v) is 4.48. The number of thiazole rings is 1. The Morgan fingerprint density at radius 2 is 1.88 bits per heavy atom. The van der Waals surface area contributed by atoms with Gasteiger partial charge in [0.05, 0.1) is 4.90 Å². The van der Waals surface area contributed by atoms with E-state index in [1.54, 1.807) is 17.5 Å². The molecule has 1 aromatic heterocycles. The van der Waals surface area contributed by atoms with Crippen molar-refractivity contribution in [2.45, 2.75) is 4.90 Å². The van der Waals surface area contributed by atoms with Crippen molar-refractivity contribution in [3.05, 3.63) is 78.0 Å². The van der Waals surface area contributed by atoms with E-state index in [1.807, 2.05) is 24.3 Å². The lowest BCUT2D eigenvalue weighted by atomic mass is 10.2. The minimum atomic E-state index is -3.74. The molecule has 11 heteroatoms. The van der Waals surface area contributed by atoms with Crippen LogP contribution in [0.5, 0.6) is 11.5 Å². The highest BCUT2D eigenvalue weighted by molar-refractivity contribution is 7.93. The van der Waals surface area contributed by atoms with E-state index >= 15 is 0 Å². The second kappa shape index (κ2) is 9.54. The van der Waals surface area contributed by atoms with Gasteiger partial charge in [0.2, 0.25) is 6.79 Å². The highest BCUT2D eigenvalue weighted by atomic mass is 32.2. The van der Waals surface area contributed by atoms with Gasteiger partial charge in [-0.05, 0) is 48.0 Å². The average Bonchev–Trinajstić information content (AvgIpc) is 3.45. The molecule has 0 bridgehead atoms. The van der Waals surface area contributed by atoms with Crippen molar-refractivity contribution >= 4 is 44.3 Å². The van der Waals surface area contributed by atoms with E-state index in [9.17, 15) is 13.2 Å². The van der Waals surface area contributed by atoms with Gasteiger partial charge < -0.3 is 20.1 Å². The molecule has 2 amide bonds. The summed E-state index contributed by atoms with van der Waals surface area (Å²) in [4.78, 5) is 16.0. The van der Waals surface area contributed by atoms with Crippen molar-refractivity contribution in [1.82, 2.24) is 10.3 Å². The number of amides is 2. The Kier molecular flexibility index (Phi) is 6.38. The standard InChI is InChI=1S/C21H18N4O5S2/c26-20(22-10-2-1-3-15-4-9-18-19(13-15)30-14-29-18)24-16-5-7-17(8-6-16)32(27,28)25-21-23-11-12-31-21/h1-13H,14H2,(H,23,25)(H2,22,24,26)/b3-1+,10-2+. The van der Waals surface area contributed by atoms with Crippen LogP contribution in [0.25, 0.3) is 6.08 Å². The van der Waals surface area contributed by atoms with Crippen LogP contribution in [0.3, 0.4) is 0 Å². The molecule has 3 N–H and O–H groups in total. The maximum atomic E-state index is 12.3. The summed E-state index contributed by atoms with van der Waals surface area (Å²) in [6.45, 7) is 0.226. The zero-order valence-corrected chi connectivity index (χ0v) is 18.2. The van der Waals surface area contributed by atoms with E-state index in [2.05, 4.69) is 20.3 Å². The molecule has 2 heterocycles. The first kappa shape index (κ1) is 21.4. The summed E-state index contributed by atoms with van der Waals surface area (Å²) in [6.07, 6.45) is 8.29. The zero-order valence-electron chi connectivity index (χ0n) is 16.5. The lowest BCUT2D eigenvalue weighted by Crippen LogP contribution is -2.23. The fraction of sp³-hybridized carbons (Fsp3) is 0.0476. The maximum absolute atomic E-state index is 12.3. The second-order valence-corrected chi connectivity index (χ2v) is 8.97. The molecule has 1 aliphatic heterocycles. The summed E-state index contributed by atoms with van der Waals surface area (Å²) >= 11 is 1.18. The number of hydrogen-bond acceptors (Lipinski definition) is 7. The molecule has 4 rings (SSSR count). The Balaban J connectivity index is 1.26. The Bertz CT molecular complexity index is 1250. The van der Waals surface area contributed by atoms with E-state index < -0.39 is 16.1 Å². The van der Waals surface area contributed by atoms with E-state index in [0.717, 1.165) is 11.3 Å². The molecule has 0 saturated carbocycles. The van der Waals surface area contributed by atoms with Gasteiger partial charge in [-0.2, -0.15) is 0 Å². The Morgan fingerprint density at radius 1 is 1.06 bits per heavy atom. The number of benzene rings is 2. The first-order valence-electron chi connectivity index (χ1n) is 9.32. The van der Waals surface area contributed by atoms with Gasteiger partial charge in [0.15, 0.2) is 16.6 Å². The van der Waals surface area contributed by atoms with Gasteiger partial charge >= 0.3 is 6.03 Å². The lowest BCUT2D eigenvalue weighted by Gasteiger charge is -2.07. The van der Waals surface area contributed by atoms with Gasteiger partial charge in [0.1, 0.15) is 0 Å². The number of fused-ring (bicyclic) bond motifs is 1. The maximum Gasteiger partial charge on any atom is 0.323 e. The molecule has 2 aromatic carbocycles. The number of rotatable bonds is 7. The zero-order chi connectivity index (χ0) is 22.4. The normalized spacial score (nSPS) is 12.9. The Labute approximate surface area is 188 Å². The number of hydrogen-bond donors (Lipinski definition) is 3. The number of aromatic nitrogens is 1. The molecule has 164 valence electrons. The van der Waals surface area contributed by atoms with Gasteiger partial charge in [-0.15, -0.1) is 11.3 Å². The monoisotopic (exact) mass is 470 g/mol. The third-order valence-corrected chi connectivity index (χ3v) is 6.36. The number of ether oxygens (including phenoxy) is 2. The molecule has 0 spiro atoms. The quantitative estimate of drug-likeness (QED) is 0.449. The van der Waals surface area contributed by atoms with Crippen LogP contribution in [-0.4, -0.2) is 26.2 Å². The molecule has 3 aromatic rings. The summed E-state index contributed by atoms with van der Waals surface area (Å²) < 4.78 is 37.6. The van der Waals surface area contributed by atoms with Gasteiger partial charge in [0, 0.05) is 23.5 Å². The number of carbonyl (C=O) groups excluding carboxylic acids is 1. The third-order valence-electron chi connectivity index (χ3n) is 4.18. The minimum absolute atomic E-state index is 0.0622. The smallest absolute Gasteiger partial charge is 0.323 e. The first-order valence-corrected chi connectivity index (χ1v) is 11.7. The van der Waals surface area contributed by atoms with Crippen LogP contribution in [0, 0.1) is 0 Å². The molecular formula is C21H18N4O5S2. The fourth-order valence-electron chi connectivity index (χ4n) is 2.70. The topological polar surface area (TPSA) is 119 Å². The van der Waals surface area contributed by atoms with Crippen molar-refractivity contribution in [3.8, 4) is 11.5 Å². The van der Waals surface area contributed by atoms with Gasteiger partial charge in [-0.25, -0.2) is 18.2 Å².